The summed E-state index contributed by atoms with van der Waals surface area (Å²) >= 11 is 8.71. The molecule has 108 valence electrons. The number of anilines is 1. The second-order valence-corrected chi connectivity index (χ2v) is 5.37. The first-order chi connectivity index (χ1) is 9.88. The molecule has 0 fully saturated rings. The number of benzene rings is 2. The molecule has 0 saturated heterocycles. The number of hydrogen-bond donors (Lipinski definition) is 2. The maximum absolute atomic E-state index is 13.4. The first-order valence-corrected chi connectivity index (χ1v) is 6.85. The maximum Gasteiger partial charge on any atom is 0.337 e. The summed E-state index contributed by atoms with van der Waals surface area (Å²) in [5, 5.41) is 11.7. The van der Waals surface area contributed by atoms with E-state index in [4.69, 9.17) is 16.7 Å². The van der Waals surface area contributed by atoms with Gasteiger partial charge in [-0.15, -0.1) is 0 Å². The van der Waals surface area contributed by atoms with E-state index in [1.54, 1.807) is 0 Å². The third-order valence-electron chi connectivity index (χ3n) is 2.64. The van der Waals surface area contributed by atoms with Crippen molar-refractivity contribution in [3.8, 4) is 0 Å². The lowest BCUT2D eigenvalue weighted by Gasteiger charge is -2.09. The summed E-state index contributed by atoms with van der Waals surface area (Å²) in [6.45, 7) is 0. The van der Waals surface area contributed by atoms with E-state index in [1.165, 1.54) is 30.3 Å². The largest absolute Gasteiger partial charge is 0.478 e. The fraction of sp³-hybridized carbons (Fsp3) is 0. The lowest BCUT2D eigenvalue weighted by Crippen LogP contribution is -2.15. The number of carbonyl (C=O) groups is 2. The highest BCUT2D eigenvalue weighted by Crippen LogP contribution is 2.22. The third kappa shape index (κ3) is 3.59. The Balaban J connectivity index is 2.31. The van der Waals surface area contributed by atoms with Crippen LogP contribution in [0, 0.1) is 5.82 Å². The van der Waals surface area contributed by atoms with Gasteiger partial charge in [-0.25, -0.2) is 9.18 Å². The third-order valence-corrected chi connectivity index (χ3v) is 3.52. The van der Waals surface area contributed by atoms with Gasteiger partial charge in [-0.05, 0) is 52.3 Å². The molecule has 0 aliphatic carbocycles. The Morgan fingerprint density at radius 1 is 1.19 bits per heavy atom. The molecule has 7 heteroatoms. The lowest BCUT2D eigenvalue weighted by molar-refractivity contribution is 0.0698. The molecule has 0 saturated carbocycles. The van der Waals surface area contributed by atoms with Crippen molar-refractivity contribution in [2.45, 2.75) is 0 Å². The van der Waals surface area contributed by atoms with Crippen LogP contribution in [0.25, 0.3) is 0 Å². The van der Waals surface area contributed by atoms with Crippen LogP contribution in [-0.2, 0) is 0 Å². The Bertz CT molecular complexity index is 736. The summed E-state index contributed by atoms with van der Waals surface area (Å²) in [7, 11) is 0. The number of amides is 1. The Labute approximate surface area is 132 Å². The molecule has 2 rings (SSSR count). The zero-order chi connectivity index (χ0) is 15.6. The summed E-state index contributed by atoms with van der Waals surface area (Å²) < 4.78 is 13.6. The molecule has 0 aliphatic heterocycles. The van der Waals surface area contributed by atoms with Gasteiger partial charge in [-0.1, -0.05) is 11.6 Å². The van der Waals surface area contributed by atoms with Gasteiger partial charge in [-0.2, -0.15) is 0 Å². The van der Waals surface area contributed by atoms with Gasteiger partial charge >= 0.3 is 5.97 Å². The summed E-state index contributed by atoms with van der Waals surface area (Å²) in [6.07, 6.45) is 0. The van der Waals surface area contributed by atoms with E-state index < -0.39 is 17.7 Å². The number of hydrogen-bond acceptors (Lipinski definition) is 2. The van der Waals surface area contributed by atoms with Gasteiger partial charge < -0.3 is 10.4 Å². The van der Waals surface area contributed by atoms with Crippen molar-refractivity contribution in [2.75, 3.05) is 5.32 Å². The molecule has 0 spiro atoms. The number of halogens is 3. The summed E-state index contributed by atoms with van der Waals surface area (Å²) in [5.41, 5.74) is 0.00986. The predicted octanol–water partition coefficient (Wildman–Crippen LogP) is 4.19. The molecular formula is C14H8BrClFNO3. The highest BCUT2D eigenvalue weighted by atomic mass is 79.9. The van der Waals surface area contributed by atoms with E-state index >= 15 is 0 Å². The van der Waals surface area contributed by atoms with Gasteiger partial charge in [0.2, 0.25) is 0 Å². The molecule has 2 N–H and O–H groups in total. The minimum absolute atomic E-state index is 0.0713. The minimum atomic E-state index is -1.23. The number of carboxylic acid groups (broad SMARTS) is 1. The SMILES string of the molecule is O=C(Nc1ccc(Cl)cc1C(=O)O)c1ccc(Br)c(F)c1. The van der Waals surface area contributed by atoms with Crippen LogP contribution >= 0.6 is 27.5 Å². The number of carbonyl (C=O) groups excluding carboxylic acids is 1. The van der Waals surface area contributed by atoms with Crippen molar-refractivity contribution in [3.63, 3.8) is 0 Å². The van der Waals surface area contributed by atoms with Crippen LogP contribution in [0.1, 0.15) is 20.7 Å². The molecule has 0 aliphatic rings. The van der Waals surface area contributed by atoms with E-state index in [2.05, 4.69) is 21.2 Å². The van der Waals surface area contributed by atoms with Crippen molar-refractivity contribution in [2.24, 2.45) is 0 Å². The zero-order valence-electron chi connectivity index (χ0n) is 10.4. The van der Waals surface area contributed by atoms with Crippen LogP contribution in [0.2, 0.25) is 5.02 Å². The first-order valence-electron chi connectivity index (χ1n) is 5.67. The van der Waals surface area contributed by atoms with Gasteiger partial charge in [0.25, 0.3) is 5.91 Å². The van der Waals surface area contributed by atoms with E-state index in [-0.39, 0.29) is 26.3 Å². The fourth-order valence-electron chi connectivity index (χ4n) is 1.63. The zero-order valence-corrected chi connectivity index (χ0v) is 12.7. The number of nitrogens with one attached hydrogen (secondary N) is 1. The maximum atomic E-state index is 13.4. The number of rotatable bonds is 3. The smallest absolute Gasteiger partial charge is 0.337 e. The van der Waals surface area contributed by atoms with Crippen LogP contribution in [0.4, 0.5) is 10.1 Å². The standard InChI is InChI=1S/C14H8BrClFNO3/c15-10-3-1-7(5-11(10)17)13(19)18-12-4-2-8(16)6-9(12)14(20)21/h1-6H,(H,18,19)(H,20,21). The van der Waals surface area contributed by atoms with E-state index in [0.29, 0.717) is 0 Å². The molecule has 4 nitrogen and oxygen atoms in total. The quantitative estimate of drug-likeness (QED) is 0.849. The van der Waals surface area contributed by atoms with Gasteiger partial charge in [0, 0.05) is 10.6 Å². The molecule has 0 unspecified atom stereocenters. The molecule has 2 aromatic carbocycles. The van der Waals surface area contributed by atoms with E-state index in [0.717, 1.165) is 6.07 Å². The highest BCUT2D eigenvalue weighted by molar-refractivity contribution is 9.10. The van der Waals surface area contributed by atoms with E-state index in [9.17, 15) is 14.0 Å². The number of carboxylic acids is 1. The van der Waals surface area contributed by atoms with Crippen LogP contribution in [0.3, 0.4) is 0 Å². The topological polar surface area (TPSA) is 66.4 Å². The molecule has 0 bridgehead atoms. The summed E-state index contributed by atoms with van der Waals surface area (Å²) in [4.78, 5) is 23.1. The van der Waals surface area contributed by atoms with Crippen molar-refractivity contribution in [1.29, 1.82) is 0 Å². The molecule has 0 radical (unpaired) electrons. The molecule has 2 aromatic rings. The van der Waals surface area contributed by atoms with Gasteiger partial charge in [0.1, 0.15) is 5.82 Å². The summed E-state index contributed by atoms with van der Waals surface area (Å²) in [5.74, 6) is -2.43. The van der Waals surface area contributed by atoms with Gasteiger partial charge in [0.05, 0.1) is 15.7 Å². The van der Waals surface area contributed by atoms with E-state index in [1.807, 2.05) is 0 Å². The molecule has 21 heavy (non-hydrogen) atoms. The Hall–Kier alpha value is -1.92. The van der Waals surface area contributed by atoms with Gasteiger partial charge in [-0.3, -0.25) is 4.79 Å². The molecule has 0 atom stereocenters. The monoisotopic (exact) mass is 371 g/mol. The fourth-order valence-corrected chi connectivity index (χ4v) is 2.05. The van der Waals surface area contributed by atoms with Crippen LogP contribution in [0.5, 0.6) is 0 Å². The average Bonchev–Trinajstić information content (AvgIpc) is 2.43. The predicted molar refractivity (Wildman–Crippen MR) is 80.5 cm³/mol. The average molecular weight is 373 g/mol. The molecule has 1 amide bonds. The second-order valence-electron chi connectivity index (χ2n) is 4.08. The molecule has 0 heterocycles. The van der Waals surface area contributed by atoms with Gasteiger partial charge in [0.15, 0.2) is 0 Å². The van der Waals surface area contributed by atoms with Crippen molar-refractivity contribution >= 4 is 45.1 Å². The van der Waals surface area contributed by atoms with Crippen LogP contribution < -0.4 is 5.32 Å². The summed E-state index contributed by atoms with van der Waals surface area (Å²) in [6, 6.07) is 7.91. The lowest BCUT2D eigenvalue weighted by atomic mass is 10.1. The van der Waals surface area contributed by atoms with Crippen LogP contribution in [-0.4, -0.2) is 17.0 Å². The normalized spacial score (nSPS) is 10.2. The molecular weight excluding hydrogens is 365 g/mol. The van der Waals surface area contributed by atoms with Crippen molar-refractivity contribution in [1.82, 2.24) is 0 Å². The number of aromatic carboxylic acids is 1. The Morgan fingerprint density at radius 2 is 1.90 bits per heavy atom. The first kappa shape index (κ1) is 15.5. The Morgan fingerprint density at radius 3 is 2.52 bits per heavy atom. The highest BCUT2D eigenvalue weighted by Gasteiger charge is 2.15. The van der Waals surface area contributed by atoms with Crippen molar-refractivity contribution < 1.29 is 19.1 Å². The molecule has 0 aromatic heterocycles. The minimum Gasteiger partial charge on any atom is -0.478 e. The second kappa shape index (κ2) is 6.24. The van der Waals surface area contributed by atoms with Crippen molar-refractivity contribution in [3.05, 3.63) is 62.8 Å². The van der Waals surface area contributed by atoms with Crippen LogP contribution in [0.15, 0.2) is 40.9 Å². The Kier molecular flexibility index (Phi) is 4.59.